The molecule has 10 nitrogen and oxygen atoms in total. The molecule has 202 valence electrons. The van der Waals surface area contributed by atoms with Gasteiger partial charge < -0.3 is 19.1 Å². The number of imidazole rings is 1. The number of amides is 2. The second kappa shape index (κ2) is 12.8. The number of methoxy groups -OCH3 is 2. The van der Waals surface area contributed by atoms with Crippen LogP contribution >= 0.6 is 11.6 Å². The number of rotatable bonds is 10. The molecule has 0 spiro atoms. The largest absolute Gasteiger partial charge is 0.493 e. The highest BCUT2D eigenvalue weighted by atomic mass is 35.5. The van der Waals surface area contributed by atoms with E-state index in [-0.39, 0.29) is 18.4 Å². The third kappa shape index (κ3) is 6.83. The van der Waals surface area contributed by atoms with Gasteiger partial charge in [0.1, 0.15) is 0 Å². The predicted molar refractivity (Wildman–Crippen MR) is 145 cm³/mol. The fourth-order valence-electron chi connectivity index (χ4n) is 4.17. The fourth-order valence-corrected chi connectivity index (χ4v) is 4.30. The lowest BCUT2D eigenvalue weighted by atomic mass is 10.2. The van der Waals surface area contributed by atoms with Gasteiger partial charge in [0.05, 0.1) is 45.4 Å². The van der Waals surface area contributed by atoms with Crippen LogP contribution in [0, 0.1) is 0 Å². The zero-order valence-corrected chi connectivity index (χ0v) is 22.5. The number of aromatic nitrogens is 2. The summed E-state index contributed by atoms with van der Waals surface area (Å²) in [5.41, 5.74) is 2.18. The number of hydrogen-bond acceptors (Lipinski definition) is 7. The topological polar surface area (TPSA) is 98.2 Å². The van der Waals surface area contributed by atoms with Crippen molar-refractivity contribution in [2.24, 2.45) is 0 Å². The molecule has 2 heterocycles. The van der Waals surface area contributed by atoms with Gasteiger partial charge in [-0.1, -0.05) is 23.7 Å². The molecule has 0 atom stereocenters. The van der Waals surface area contributed by atoms with Crippen LogP contribution in [0.4, 0.5) is 5.95 Å². The molecule has 0 radical (unpaired) electrons. The average molecular weight is 542 g/mol. The Labute approximate surface area is 227 Å². The molecule has 1 fully saturated rings. The van der Waals surface area contributed by atoms with Gasteiger partial charge in [0.25, 0.3) is 0 Å². The van der Waals surface area contributed by atoms with Crippen molar-refractivity contribution in [1.29, 1.82) is 0 Å². The van der Waals surface area contributed by atoms with E-state index in [0.29, 0.717) is 60.2 Å². The Balaban J connectivity index is 1.57. The molecule has 1 aliphatic rings. The summed E-state index contributed by atoms with van der Waals surface area (Å²) in [5, 5.41) is 3.50. The Morgan fingerprint density at radius 1 is 1.08 bits per heavy atom. The third-order valence-electron chi connectivity index (χ3n) is 6.31. The van der Waals surface area contributed by atoms with E-state index in [1.807, 2.05) is 24.4 Å². The SMILES string of the molecule is COc1ccc(-n2cc(-c3ccc(Cl)cc3)nc2NC(=O)CN(CCN2CCOCC2)C(C)=O)cc1OC. The van der Waals surface area contributed by atoms with Crippen molar-refractivity contribution < 1.29 is 23.8 Å². The zero-order valence-electron chi connectivity index (χ0n) is 21.8. The molecule has 1 saturated heterocycles. The minimum Gasteiger partial charge on any atom is -0.493 e. The summed E-state index contributed by atoms with van der Waals surface area (Å²) in [4.78, 5) is 33.9. The van der Waals surface area contributed by atoms with Gasteiger partial charge in [-0.2, -0.15) is 0 Å². The van der Waals surface area contributed by atoms with Crippen molar-refractivity contribution in [1.82, 2.24) is 19.4 Å². The van der Waals surface area contributed by atoms with Crippen LogP contribution in [-0.4, -0.2) is 91.3 Å². The van der Waals surface area contributed by atoms with Crippen LogP contribution in [0.5, 0.6) is 11.5 Å². The molecule has 38 heavy (non-hydrogen) atoms. The monoisotopic (exact) mass is 541 g/mol. The molecule has 0 aliphatic carbocycles. The normalized spacial score (nSPS) is 13.7. The maximum absolute atomic E-state index is 13.1. The smallest absolute Gasteiger partial charge is 0.246 e. The van der Waals surface area contributed by atoms with E-state index in [9.17, 15) is 9.59 Å². The quantitative estimate of drug-likeness (QED) is 0.420. The lowest BCUT2D eigenvalue weighted by Gasteiger charge is -2.29. The molecule has 2 aromatic carbocycles. The van der Waals surface area contributed by atoms with E-state index in [1.54, 1.807) is 43.1 Å². The Bertz CT molecular complexity index is 1260. The molecule has 0 saturated carbocycles. The molecule has 1 N–H and O–H groups in total. The molecule has 0 unspecified atom stereocenters. The molecular formula is C27H32ClN5O5. The number of benzene rings is 2. The Hall–Kier alpha value is -3.60. The van der Waals surface area contributed by atoms with E-state index >= 15 is 0 Å². The van der Waals surface area contributed by atoms with E-state index in [4.69, 9.17) is 25.8 Å². The summed E-state index contributed by atoms with van der Waals surface area (Å²) in [5.74, 6) is 0.909. The van der Waals surface area contributed by atoms with Crippen LogP contribution in [0.25, 0.3) is 16.9 Å². The molecule has 0 bridgehead atoms. The first-order valence-corrected chi connectivity index (χ1v) is 12.7. The Morgan fingerprint density at radius 3 is 2.45 bits per heavy atom. The van der Waals surface area contributed by atoms with E-state index in [0.717, 1.165) is 18.7 Å². The number of carbonyl (C=O) groups excluding carboxylic acids is 2. The van der Waals surface area contributed by atoms with Crippen LogP contribution in [0.3, 0.4) is 0 Å². The number of ether oxygens (including phenoxy) is 3. The minimum atomic E-state index is -0.350. The van der Waals surface area contributed by atoms with E-state index in [1.165, 1.54) is 11.8 Å². The number of nitrogens with zero attached hydrogens (tertiary/aromatic N) is 4. The highest BCUT2D eigenvalue weighted by Crippen LogP contribution is 2.32. The lowest BCUT2D eigenvalue weighted by molar-refractivity contribution is -0.133. The van der Waals surface area contributed by atoms with Crippen LogP contribution < -0.4 is 14.8 Å². The third-order valence-corrected chi connectivity index (χ3v) is 6.56. The van der Waals surface area contributed by atoms with E-state index < -0.39 is 0 Å². The Morgan fingerprint density at radius 2 is 1.79 bits per heavy atom. The standard InChI is InChI=1S/C27H32ClN5O5/c1-19(34)32(11-10-31-12-14-38-15-13-31)18-26(35)30-27-29-23(20-4-6-21(28)7-5-20)17-33(27)22-8-9-24(36-2)25(16-22)37-3/h4-9,16-17H,10-15,18H2,1-3H3,(H,29,30,35). The molecule has 1 aromatic heterocycles. The van der Waals surface area contributed by atoms with Gasteiger partial charge in [-0.3, -0.25) is 24.4 Å². The number of carbonyl (C=O) groups is 2. The van der Waals surface area contributed by atoms with Gasteiger partial charge in [-0.05, 0) is 24.3 Å². The number of hydrogen-bond donors (Lipinski definition) is 1. The van der Waals surface area contributed by atoms with Gasteiger partial charge in [0.2, 0.25) is 17.8 Å². The number of nitrogens with one attached hydrogen (secondary N) is 1. The average Bonchev–Trinajstić information content (AvgIpc) is 3.34. The van der Waals surface area contributed by atoms with Gasteiger partial charge in [-0.15, -0.1) is 0 Å². The summed E-state index contributed by atoms with van der Waals surface area (Å²) in [6.45, 7) is 5.48. The molecule has 11 heteroatoms. The van der Waals surface area contributed by atoms with Crippen molar-refractivity contribution in [3.05, 3.63) is 53.7 Å². The fraction of sp³-hybridized carbons (Fsp3) is 0.370. The molecule has 1 aliphatic heterocycles. The van der Waals surface area contributed by atoms with Gasteiger partial charge in [-0.25, -0.2) is 4.98 Å². The summed E-state index contributed by atoms with van der Waals surface area (Å²) in [6, 6.07) is 12.7. The first kappa shape index (κ1) is 27.4. The second-order valence-electron chi connectivity index (χ2n) is 8.81. The maximum atomic E-state index is 13.1. The number of anilines is 1. The lowest BCUT2D eigenvalue weighted by Crippen LogP contribution is -2.44. The summed E-state index contributed by atoms with van der Waals surface area (Å²) in [6.07, 6.45) is 1.82. The molecule has 4 rings (SSSR count). The maximum Gasteiger partial charge on any atom is 0.246 e. The highest BCUT2D eigenvalue weighted by Gasteiger charge is 2.20. The summed E-state index contributed by atoms with van der Waals surface area (Å²) in [7, 11) is 3.13. The first-order chi connectivity index (χ1) is 18.4. The van der Waals surface area contributed by atoms with Crippen molar-refractivity contribution in [3.63, 3.8) is 0 Å². The van der Waals surface area contributed by atoms with Crippen molar-refractivity contribution in [2.45, 2.75) is 6.92 Å². The highest BCUT2D eigenvalue weighted by molar-refractivity contribution is 6.30. The van der Waals surface area contributed by atoms with Crippen LogP contribution in [-0.2, 0) is 14.3 Å². The first-order valence-electron chi connectivity index (χ1n) is 12.3. The zero-order chi connectivity index (χ0) is 27.1. The van der Waals surface area contributed by atoms with Crippen molar-refractivity contribution in [2.75, 3.05) is 65.5 Å². The van der Waals surface area contributed by atoms with E-state index in [2.05, 4.69) is 15.2 Å². The number of morpholine rings is 1. The van der Waals surface area contributed by atoms with Crippen molar-refractivity contribution in [3.8, 4) is 28.4 Å². The van der Waals surface area contributed by atoms with Gasteiger partial charge in [0, 0.05) is 56.0 Å². The van der Waals surface area contributed by atoms with Crippen LogP contribution in [0.1, 0.15) is 6.92 Å². The Kier molecular flexibility index (Phi) is 9.22. The number of halogens is 1. The van der Waals surface area contributed by atoms with Crippen LogP contribution in [0.15, 0.2) is 48.7 Å². The predicted octanol–water partition coefficient (Wildman–Crippen LogP) is 3.33. The summed E-state index contributed by atoms with van der Waals surface area (Å²) < 4.78 is 18.0. The molecule has 3 aromatic rings. The second-order valence-corrected chi connectivity index (χ2v) is 9.25. The summed E-state index contributed by atoms with van der Waals surface area (Å²) >= 11 is 6.06. The molecule has 2 amide bonds. The van der Waals surface area contributed by atoms with Gasteiger partial charge >= 0.3 is 0 Å². The van der Waals surface area contributed by atoms with Crippen molar-refractivity contribution >= 4 is 29.4 Å². The molecular weight excluding hydrogens is 510 g/mol. The van der Waals surface area contributed by atoms with Crippen LogP contribution in [0.2, 0.25) is 5.02 Å². The minimum absolute atomic E-state index is 0.0885. The van der Waals surface area contributed by atoms with Gasteiger partial charge in [0.15, 0.2) is 11.5 Å².